The Morgan fingerprint density at radius 3 is 2.20 bits per heavy atom. The van der Waals surface area contributed by atoms with E-state index in [1.807, 2.05) is 60.9 Å². The number of nitrogens with zero attached hydrogens (tertiary/aromatic N) is 2. The fourth-order valence-corrected chi connectivity index (χ4v) is 1.40. The first-order valence-corrected chi connectivity index (χ1v) is 5.00. The number of halogens is 1. The molecule has 0 bridgehead atoms. The van der Waals surface area contributed by atoms with Gasteiger partial charge in [-0.2, -0.15) is 0 Å². The third-order valence-corrected chi connectivity index (χ3v) is 2.21. The summed E-state index contributed by atoms with van der Waals surface area (Å²) in [6, 6.07) is 15.4. The van der Waals surface area contributed by atoms with E-state index in [2.05, 4.69) is 5.10 Å². The maximum absolute atomic E-state index is 6.07. The molecule has 2 aromatic rings. The van der Waals surface area contributed by atoms with Gasteiger partial charge in [-0.25, -0.2) is 0 Å². The summed E-state index contributed by atoms with van der Waals surface area (Å²) < 4.78 is 1.68. The second-order valence-corrected chi connectivity index (χ2v) is 3.37. The molecule has 0 fully saturated rings. The molecule has 0 atom stereocenters. The molecule has 0 N–H and O–H groups in total. The van der Waals surface area contributed by atoms with Crippen LogP contribution in [0.4, 0.5) is 0 Å². The summed E-state index contributed by atoms with van der Waals surface area (Å²) >= 11 is 6.07. The Bertz CT molecular complexity index is 452. The van der Waals surface area contributed by atoms with Crippen molar-refractivity contribution in [2.24, 2.45) is 5.10 Å². The lowest BCUT2D eigenvalue weighted by Crippen LogP contribution is -2.27. The lowest BCUT2D eigenvalue weighted by Gasteiger charge is -1.93. The van der Waals surface area contributed by atoms with Crippen molar-refractivity contribution < 1.29 is 4.68 Å². The fraction of sp³-hybridized carbons (Fsp3) is 0. The number of benzene rings is 1. The van der Waals surface area contributed by atoms with Gasteiger partial charge >= 0.3 is 0 Å². The van der Waals surface area contributed by atoms with E-state index in [0.29, 0.717) is 5.17 Å². The summed E-state index contributed by atoms with van der Waals surface area (Å²) in [6.45, 7) is 0. The molecule has 0 aliphatic rings. The van der Waals surface area contributed by atoms with Crippen molar-refractivity contribution in [2.45, 2.75) is 0 Å². The lowest BCUT2D eigenvalue weighted by atomic mass is 10.2. The third kappa shape index (κ3) is 2.64. The highest BCUT2D eigenvalue weighted by Crippen LogP contribution is 2.03. The molecule has 0 saturated carbocycles. The quantitative estimate of drug-likeness (QED) is 0.543. The molecular weight excluding hydrogens is 208 g/mol. The minimum absolute atomic E-state index is 0.479. The molecule has 1 aromatic heterocycles. The molecule has 0 amide bonds. The van der Waals surface area contributed by atoms with E-state index in [0.717, 1.165) is 5.56 Å². The van der Waals surface area contributed by atoms with Gasteiger partial charge in [0.1, 0.15) is 0 Å². The van der Waals surface area contributed by atoms with Crippen LogP contribution >= 0.6 is 11.6 Å². The normalized spacial score (nSPS) is 11.4. The molecule has 0 aliphatic carbocycles. The van der Waals surface area contributed by atoms with E-state index in [1.54, 1.807) is 4.68 Å². The number of hydrogen-bond donors (Lipinski definition) is 0. The molecule has 0 radical (unpaired) electrons. The van der Waals surface area contributed by atoms with Gasteiger partial charge in [0, 0.05) is 22.8 Å². The monoisotopic (exact) mass is 217 g/mol. The van der Waals surface area contributed by atoms with Crippen molar-refractivity contribution in [1.82, 2.24) is 0 Å². The summed E-state index contributed by atoms with van der Waals surface area (Å²) in [6.07, 6.45) is 3.68. The molecule has 1 heterocycles. The maximum atomic E-state index is 6.07. The first-order chi connectivity index (χ1) is 7.36. The second kappa shape index (κ2) is 4.71. The van der Waals surface area contributed by atoms with Gasteiger partial charge in [0.15, 0.2) is 0 Å². The minimum Gasteiger partial charge on any atom is -0.0622 e. The van der Waals surface area contributed by atoms with Crippen LogP contribution in [0.15, 0.2) is 66.0 Å². The largest absolute Gasteiger partial charge is 0.204 e. The van der Waals surface area contributed by atoms with Crippen LogP contribution in [0.5, 0.6) is 0 Å². The van der Waals surface area contributed by atoms with Gasteiger partial charge in [0.25, 0.3) is 0 Å². The molecule has 74 valence electrons. The van der Waals surface area contributed by atoms with Crippen LogP contribution < -0.4 is 4.68 Å². The topological polar surface area (TPSA) is 16.2 Å². The van der Waals surface area contributed by atoms with Crippen molar-refractivity contribution in [3.8, 4) is 0 Å². The van der Waals surface area contributed by atoms with Crippen LogP contribution in [0.1, 0.15) is 5.56 Å². The van der Waals surface area contributed by atoms with Gasteiger partial charge in [0.05, 0.1) is 0 Å². The van der Waals surface area contributed by atoms with E-state index in [4.69, 9.17) is 11.6 Å². The van der Waals surface area contributed by atoms with Crippen molar-refractivity contribution >= 4 is 16.8 Å². The molecule has 2 nitrogen and oxygen atoms in total. The predicted octanol–water partition coefficient (Wildman–Crippen LogP) is 2.42. The van der Waals surface area contributed by atoms with E-state index in [1.165, 1.54) is 0 Å². The van der Waals surface area contributed by atoms with Crippen LogP contribution in [0.2, 0.25) is 0 Å². The second-order valence-electron chi connectivity index (χ2n) is 3.01. The van der Waals surface area contributed by atoms with Gasteiger partial charge < -0.3 is 0 Å². The molecule has 2 rings (SSSR count). The van der Waals surface area contributed by atoms with Crippen molar-refractivity contribution in [1.29, 1.82) is 0 Å². The van der Waals surface area contributed by atoms with Gasteiger partial charge in [0.2, 0.25) is 17.6 Å². The summed E-state index contributed by atoms with van der Waals surface area (Å²) in [4.78, 5) is 0. The predicted molar refractivity (Wildman–Crippen MR) is 60.9 cm³/mol. The molecular formula is C12H10ClN2+. The van der Waals surface area contributed by atoms with Crippen LogP contribution in [0, 0.1) is 0 Å². The van der Waals surface area contributed by atoms with E-state index >= 15 is 0 Å². The average Bonchev–Trinajstić information content (AvgIpc) is 2.31. The number of aromatic nitrogens is 1. The van der Waals surface area contributed by atoms with Gasteiger partial charge in [-0.3, -0.25) is 0 Å². The SMILES string of the molecule is Cl/C(=N\[n+]1ccccc1)c1ccccc1. The molecule has 0 saturated heterocycles. The standard InChI is InChI=1S/C12H10ClN2/c13-12(11-7-3-1-4-8-11)14-15-9-5-2-6-10-15/h1-10H/q+1/b14-12-. The Morgan fingerprint density at radius 1 is 0.933 bits per heavy atom. The zero-order valence-electron chi connectivity index (χ0n) is 8.05. The lowest BCUT2D eigenvalue weighted by molar-refractivity contribution is -0.678. The Labute approximate surface area is 93.5 Å². The Balaban J connectivity index is 2.29. The average molecular weight is 218 g/mol. The summed E-state index contributed by atoms with van der Waals surface area (Å²) in [5, 5.41) is 4.71. The Hall–Kier alpha value is -1.67. The van der Waals surface area contributed by atoms with Crippen LogP contribution in [-0.2, 0) is 0 Å². The Morgan fingerprint density at radius 2 is 1.53 bits per heavy atom. The molecule has 0 spiro atoms. The Kier molecular flexibility index (Phi) is 3.10. The van der Waals surface area contributed by atoms with Crippen LogP contribution in [0.3, 0.4) is 0 Å². The molecule has 0 unspecified atom stereocenters. The number of pyridine rings is 1. The first kappa shape index (κ1) is 9.87. The summed E-state index contributed by atoms with van der Waals surface area (Å²) in [5.74, 6) is 0. The van der Waals surface area contributed by atoms with E-state index < -0.39 is 0 Å². The number of hydrogen-bond acceptors (Lipinski definition) is 1. The van der Waals surface area contributed by atoms with E-state index in [9.17, 15) is 0 Å². The number of rotatable bonds is 2. The maximum Gasteiger partial charge on any atom is 0.204 e. The zero-order valence-corrected chi connectivity index (χ0v) is 8.80. The fourth-order valence-electron chi connectivity index (χ4n) is 1.19. The van der Waals surface area contributed by atoms with E-state index in [-0.39, 0.29) is 0 Å². The van der Waals surface area contributed by atoms with Gasteiger partial charge in [-0.15, -0.1) is 0 Å². The van der Waals surface area contributed by atoms with Gasteiger partial charge in [-0.05, 0) is 0 Å². The van der Waals surface area contributed by atoms with Crippen molar-refractivity contribution in [3.05, 3.63) is 66.5 Å². The summed E-state index contributed by atoms with van der Waals surface area (Å²) in [5.41, 5.74) is 0.913. The highest BCUT2D eigenvalue weighted by atomic mass is 35.5. The zero-order chi connectivity index (χ0) is 10.5. The van der Waals surface area contributed by atoms with Crippen molar-refractivity contribution in [3.63, 3.8) is 0 Å². The smallest absolute Gasteiger partial charge is 0.0622 e. The highest BCUT2D eigenvalue weighted by Gasteiger charge is 2.02. The molecule has 1 aromatic carbocycles. The first-order valence-electron chi connectivity index (χ1n) is 4.62. The van der Waals surface area contributed by atoms with Crippen molar-refractivity contribution in [2.75, 3.05) is 0 Å². The minimum atomic E-state index is 0.479. The highest BCUT2D eigenvalue weighted by molar-refractivity contribution is 6.69. The summed E-state index contributed by atoms with van der Waals surface area (Å²) in [7, 11) is 0. The molecule has 15 heavy (non-hydrogen) atoms. The molecule has 3 heteroatoms. The molecule has 0 aliphatic heterocycles. The van der Waals surface area contributed by atoms with Crippen LogP contribution in [0.25, 0.3) is 0 Å². The van der Waals surface area contributed by atoms with Crippen LogP contribution in [-0.4, -0.2) is 5.17 Å². The third-order valence-electron chi connectivity index (χ3n) is 1.92. The van der Waals surface area contributed by atoms with Gasteiger partial charge in [-0.1, -0.05) is 52.7 Å².